The molecule has 0 aliphatic carbocycles. The number of rotatable bonds is 9. The average molecular weight is 478 g/mol. The largest absolute Gasteiger partial charge is 0.479 e. The second-order valence-corrected chi connectivity index (χ2v) is 8.82. The van der Waals surface area contributed by atoms with Gasteiger partial charge in [0.15, 0.2) is 6.61 Å². The van der Waals surface area contributed by atoms with Crippen molar-refractivity contribution in [2.45, 2.75) is 19.3 Å². The predicted molar refractivity (Wildman–Crippen MR) is 133 cm³/mol. The highest BCUT2D eigenvalue weighted by Gasteiger charge is 2.20. The number of fused-ring (bicyclic) bond motifs is 2. The molecule has 1 fully saturated rings. The molecule has 0 atom stereocenters. The molecule has 0 bridgehead atoms. The zero-order valence-corrected chi connectivity index (χ0v) is 19.4. The second-order valence-electron chi connectivity index (χ2n) is 8.82. The van der Waals surface area contributed by atoms with Crippen molar-refractivity contribution in [3.8, 4) is 5.88 Å². The zero-order chi connectivity index (χ0) is 24.2. The number of halogens is 1. The quantitative estimate of drug-likeness (QED) is 0.354. The highest BCUT2D eigenvalue weighted by atomic mass is 19.1. The van der Waals surface area contributed by atoms with Gasteiger partial charge in [0.1, 0.15) is 11.6 Å². The number of carboxylic acid groups (broad SMARTS) is 1. The van der Waals surface area contributed by atoms with Gasteiger partial charge >= 0.3 is 5.97 Å². The standard InChI is InChI=1S/C26H28FN5O3/c27-19-4-6-22-21(15-19)18(16-29-22)3-1-2-10-31-11-13-32(14-12-31)26-20-5-7-24(35-17-25(33)34)30-23(20)8-9-28-26/h4-9,15-16,29H,1-3,10-14,17H2,(H,33,34). The fourth-order valence-corrected chi connectivity index (χ4v) is 4.68. The van der Waals surface area contributed by atoms with E-state index < -0.39 is 12.6 Å². The molecule has 1 aliphatic rings. The number of nitrogens with zero attached hydrogens (tertiary/aromatic N) is 4. The van der Waals surface area contributed by atoms with Gasteiger partial charge in [-0.25, -0.2) is 19.2 Å². The molecule has 0 radical (unpaired) electrons. The van der Waals surface area contributed by atoms with E-state index in [9.17, 15) is 9.18 Å². The van der Waals surface area contributed by atoms with E-state index in [1.165, 1.54) is 11.6 Å². The molecule has 5 rings (SSSR count). The van der Waals surface area contributed by atoms with Crippen molar-refractivity contribution in [3.05, 3.63) is 60.2 Å². The topological polar surface area (TPSA) is 94.6 Å². The van der Waals surface area contributed by atoms with Crippen LogP contribution in [-0.4, -0.2) is 70.3 Å². The molecule has 4 heterocycles. The van der Waals surface area contributed by atoms with Gasteiger partial charge < -0.3 is 19.7 Å². The van der Waals surface area contributed by atoms with Gasteiger partial charge in [0.25, 0.3) is 0 Å². The third-order valence-electron chi connectivity index (χ3n) is 6.48. The molecule has 0 saturated carbocycles. The lowest BCUT2D eigenvalue weighted by Crippen LogP contribution is -2.47. The third-order valence-corrected chi connectivity index (χ3v) is 6.48. The molecule has 1 aliphatic heterocycles. The summed E-state index contributed by atoms with van der Waals surface area (Å²) in [4.78, 5) is 27.7. The number of ether oxygens (including phenoxy) is 1. The normalized spacial score (nSPS) is 14.6. The molecule has 0 amide bonds. The summed E-state index contributed by atoms with van der Waals surface area (Å²) in [6.45, 7) is 4.31. The van der Waals surface area contributed by atoms with Crippen molar-refractivity contribution in [1.29, 1.82) is 0 Å². The lowest BCUT2D eigenvalue weighted by molar-refractivity contribution is -0.139. The fourth-order valence-electron chi connectivity index (χ4n) is 4.68. The van der Waals surface area contributed by atoms with Crippen LogP contribution in [-0.2, 0) is 11.2 Å². The minimum absolute atomic E-state index is 0.195. The van der Waals surface area contributed by atoms with Gasteiger partial charge in [-0.2, -0.15) is 0 Å². The molecular formula is C26H28FN5O3. The van der Waals surface area contributed by atoms with Crippen LogP contribution in [0.25, 0.3) is 21.8 Å². The predicted octanol–water partition coefficient (Wildman–Crippen LogP) is 3.86. The number of aromatic nitrogens is 3. The molecule has 0 unspecified atom stereocenters. The van der Waals surface area contributed by atoms with E-state index in [4.69, 9.17) is 9.84 Å². The highest BCUT2D eigenvalue weighted by Crippen LogP contribution is 2.26. The van der Waals surface area contributed by atoms with Crippen LogP contribution in [0.15, 0.2) is 48.8 Å². The van der Waals surface area contributed by atoms with E-state index in [1.807, 2.05) is 18.3 Å². The average Bonchev–Trinajstić information content (AvgIpc) is 3.27. The minimum Gasteiger partial charge on any atom is -0.479 e. The monoisotopic (exact) mass is 477 g/mol. The first-order valence-corrected chi connectivity index (χ1v) is 11.9. The highest BCUT2D eigenvalue weighted by molar-refractivity contribution is 5.90. The Morgan fingerprint density at radius 1 is 1.09 bits per heavy atom. The van der Waals surface area contributed by atoms with Crippen LogP contribution in [0.5, 0.6) is 5.88 Å². The maximum Gasteiger partial charge on any atom is 0.341 e. The molecule has 8 nitrogen and oxygen atoms in total. The summed E-state index contributed by atoms with van der Waals surface area (Å²) in [6.07, 6.45) is 6.82. The molecule has 1 aromatic carbocycles. The Hall–Kier alpha value is -3.72. The van der Waals surface area contributed by atoms with Gasteiger partial charge in [-0.1, -0.05) is 0 Å². The number of pyridine rings is 2. The Morgan fingerprint density at radius 3 is 2.77 bits per heavy atom. The molecule has 0 spiro atoms. The van der Waals surface area contributed by atoms with Crippen molar-refractivity contribution in [2.24, 2.45) is 0 Å². The summed E-state index contributed by atoms with van der Waals surface area (Å²) in [5.74, 6) is -0.0428. The Morgan fingerprint density at radius 2 is 1.94 bits per heavy atom. The van der Waals surface area contributed by atoms with E-state index in [1.54, 1.807) is 24.4 Å². The first-order valence-electron chi connectivity index (χ1n) is 11.9. The minimum atomic E-state index is -1.03. The summed E-state index contributed by atoms with van der Waals surface area (Å²) in [5, 5.41) is 10.7. The van der Waals surface area contributed by atoms with Crippen molar-refractivity contribution in [2.75, 3.05) is 44.2 Å². The smallest absolute Gasteiger partial charge is 0.341 e. The van der Waals surface area contributed by atoms with Crippen LogP contribution in [0.1, 0.15) is 18.4 Å². The second kappa shape index (κ2) is 10.3. The first-order chi connectivity index (χ1) is 17.1. The van der Waals surface area contributed by atoms with Gasteiger partial charge in [-0.05, 0) is 61.7 Å². The van der Waals surface area contributed by atoms with E-state index in [0.717, 1.165) is 79.6 Å². The molecule has 35 heavy (non-hydrogen) atoms. The summed E-state index contributed by atoms with van der Waals surface area (Å²) in [6, 6.07) is 10.3. The van der Waals surface area contributed by atoms with E-state index in [0.29, 0.717) is 5.88 Å². The fraction of sp³-hybridized carbons (Fsp3) is 0.346. The number of aliphatic carboxylic acids is 1. The number of carboxylic acids is 1. The number of hydrogen-bond acceptors (Lipinski definition) is 6. The molecule has 3 aromatic heterocycles. The van der Waals surface area contributed by atoms with Gasteiger partial charge in [0.05, 0.1) is 5.52 Å². The number of aryl methyl sites for hydroxylation is 1. The lowest BCUT2D eigenvalue weighted by atomic mass is 10.1. The zero-order valence-electron chi connectivity index (χ0n) is 19.4. The number of H-pyrrole nitrogens is 1. The van der Waals surface area contributed by atoms with Crippen molar-refractivity contribution >= 4 is 33.6 Å². The van der Waals surface area contributed by atoms with Gasteiger partial charge in [0, 0.05) is 60.9 Å². The van der Waals surface area contributed by atoms with E-state index >= 15 is 0 Å². The van der Waals surface area contributed by atoms with Crippen molar-refractivity contribution in [1.82, 2.24) is 19.9 Å². The molecule has 182 valence electrons. The van der Waals surface area contributed by atoms with E-state index in [-0.39, 0.29) is 5.82 Å². The maximum absolute atomic E-state index is 13.6. The molecule has 9 heteroatoms. The molecule has 4 aromatic rings. The number of hydrogen-bond donors (Lipinski definition) is 2. The Balaban J connectivity index is 1.12. The number of benzene rings is 1. The van der Waals surface area contributed by atoms with E-state index in [2.05, 4.69) is 24.8 Å². The van der Waals surface area contributed by atoms with Crippen LogP contribution in [0.2, 0.25) is 0 Å². The summed E-state index contributed by atoms with van der Waals surface area (Å²) in [5.41, 5.74) is 2.90. The van der Waals surface area contributed by atoms with Crippen LogP contribution < -0.4 is 9.64 Å². The van der Waals surface area contributed by atoms with Crippen LogP contribution >= 0.6 is 0 Å². The van der Waals surface area contributed by atoms with Gasteiger partial charge in [-0.3, -0.25) is 4.90 Å². The number of piperazine rings is 1. The lowest BCUT2D eigenvalue weighted by Gasteiger charge is -2.35. The van der Waals surface area contributed by atoms with Gasteiger partial charge in [-0.15, -0.1) is 0 Å². The number of unbranched alkanes of at least 4 members (excludes halogenated alkanes) is 1. The van der Waals surface area contributed by atoms with Crippen molar-refractivity contribution in [3.63, 3.8) is 0 Å². The first kappa shape index (κ1) is 23.0. The van der Waals surface area contributed by atoms with Crippen LogP contribution in [0, 0.1) is 5.82 Å². The molecule has 1 saturated heterocycles. The number of nitrogens with one attached hydrogen (secondary N) is 1. The Labute approximate surface area is 202 Å². The van der Waals surface area contributed by atoms with Crippen molar-refractivity contribution < 1.29 is 19.0 Å². The summed E-state index contributed by atoms with van der Waals surface area (Å²) in [7, 11) is 0. The number of carbonyl (C=O) groups is 1. The molecule has 2 N–H and O–H groups in total. The maximum atomic E-state index is 13.6. The summed E-state index contributed by atoms with van der Waals surface area (Å²) >= 11 is 0. The van der Waals surface area contributed by atoms with Crippen LogP contribution in [0.3, 0.4) is 0 Å². The molecular weight excluding hydrogens is 449 g/mol. The Kier molecular flexibility index (Phi) is 6.76. The number of aromatic amines is 1. The third kappa shape index (κ3) is 5.35. The summed E-state index contributed by atoms with van der Waals surface area (Å²) < 4.78 is 18.8. The Bertz CT molecular complexity index is 1330. The van der Waals surface area contributed by atoms with Crippen LogP contribution in [0.4, 0.5) is 10.2 Å². The SMILES string of the molecule is O=C(O)COc1ccc2c(N3CCN(CCCCc4c[nH]c5ccc(F)cc45)CC3)nccc2n1. The van der Waals surface area contributed by atoms with Gasteiger partial charge in [0.2, 0.25) is 5.88 Å². The number of anilines is 1.